The molecule has 2 N–H and O–H groups in total. The third-order valence-corrected chi connectivity index (χ3v) is 4.46. The van der Waals surface area contributed by atoms with Gasteiger partial charge in [-0.25, -0.2) is 0 Å². The van der Waals surface area contributed by atoms with E-state index in [4.69, 9.17) is 4.74 Å². The molecule has 0 amide bonds. The molecule has 0 saturated heterocycles. The summed E-state index contributed by atoms with van der Waals surface area (Å²) < 4.78 is 6.48. The first kappa shape index (κ1) is 17.4. The number of nitrogens with one attached hydrogen (secondary N) is 2. The van der Waals surface area contributed by atoms with Crippen molar-refractivity contribution >= 4 is 33.0 Å². The van der Waals surface area contributed by atoms with Crippen LogP contribution in [0.5, 0.6) is 0 Å². The lowest BCUT2D eigenvalue weighted by molar-refractivity contribution is 0.130. The zero-order chi connectivity index (χ0) is 16.7. The Bertz CT molecular complexity index is 663. The van der Waals surface area contributed by atoms with Crippen LogP contribution in [0, 0.1) is 11.8 Å². The Kier molecular flexibility index (Phi) is 6.55. The van der Waals surface area contributed by atoms with Crippen molar-refractivity contribution in [3.8, 4) is 0 Å². The predicted octanol–water partition coefficient (Wildman–Crippen LogP) is 4.83. The summed E-state index contributed by atoms with van der Waals surface area (Å²) in [7, 11) is 1.77. The van der Waals surface area contributed by atoms with Crippen LogP contribution in [0.15, 0.2) is 46.0 Å². The van der Waals surface area contributed by atoms with Gasteiger partial charge >= 0.3 is 0 Å². The summed E-state index contributed by atoms with van der Waals surface area (Å²) in [5.41, 5.74) is 3.92. The summed E-state index contributed by atoms with van der Waals surface area (Å²) in [5, 5.41) is 9.36. The molecule has 0 aromatic heterocycles. The normalized spacial score (nSPS) is 10.4. The van der Waals surface area contributed by atoms with Gasteiger partial charge in [0.15, 0.2) is 5.69 Å². The summed E-state index contributed by atoms with van der Waals surface area (Å²) in [5.74, 6) is 0. The summed E-state index contributed by atoms with van der Waals surface area (Å²) in [6, 6.07) is 11.9. The van der Waals surface area contributed by atoms with Crippen LogP contribution in [0.3, 0.4) is 0 Å². The highest BCUT2D eigenvalue weighted by Crippen LogP contribution is 2.41. The molecule has 0 bridgehead atoms. The van der Waals surface area contributed by atoms with Crippen LogP contribution in [0.25, 0.3) is 0 Å². The summed E-state index contributed by atoms with van der Waals surface area (Å²) in [6.07, 6.45) is 0. The smallest absolute Gasteiger partial charge is 0.155 e. The van der Waals surface area contributed by atoms with E-state index in [1.165, 1.54) is 0 Å². The molecule has 5 nitrogen and oxygen atoms in total. The van der Waals surface area contributed by atoms with Gasteiger partial charge in [-0.15, -0.1) is 4.91 Å². The number of aryl methyl sites for hydroxylation is 1. The number of anilines is 2. The number of nitroso groups, excluding NO2 is 1. The Labute approximate surface area is 144 Å². The van der Waals surface area contributed by atoms with Crippen LogP contribution in [0.1, 0.15) is 11.1 Å². The molecule has 0 saturated carbocycles. The fourth-order valence-electron chi connectivity index (χ4n) is 2.24. The highest BCUT2D eigenvalue weighted by atomic mass is 79.9. The zero-order valence-corrected chi connectivity index (χ0v) is 14.8. The highest BCUT2D eigenvalue weighted by Gasteiger charge is 2.14. The second-order valence-corrected chi connectivity index (χ2v) is 5.88. The molecule has 0 atom stereocenters. The minimum absolute atomic E-state index is 0.369. The van der Waals surface area contributed by atoms with Crippen LogP contribution in [-0.4, -0.2) is 20.2 Å². The molecule has 2 aromatic carbocycles. The Hall–Kier alpha value is -1.92. The van der Waals surface area contributed by atoms with E-state index in [0.29, 0.717) is 36.8 Å². The van der Waals surface area contributed by atoms with Gasteiger partial charge in [0.1, 0.15) is 0 Å². The molecule has 0 heterocycles. The SMILES string of the molecule is CNc1cc(C)c(Br)c(NCCOCc2ccccc2)c1N=O. The number of nitrogens with zero attached hydrogens (tertiary/aromatic N) is 1. The standard InChI is InChI=1S/C17H20BrN3O2/c1-12-10-14(19-2)16(21-22)17(15(12)18)20-8-9-23-11-13-6-4-3-5-7-13/h3-7,10,19-20H,8-9,11H2,1-2H3. The summed E-state index contributed by atoms with van der Waals surface area (Å²) >= 11 is 3.51. The van der Waals surface area contributed by atoms with Gasteiger partial charge in [-0.05, 0) is 45.2 Å². The summed E-state index contributed by atoms with van der Waals surface area (Å²) in [4.78, 5) is 11.2. The number of halogens is 1. The Morgan fingerprint density at radius 2 is 2.00 bits per heavy atom. The molecule has 2 aromatic rings. The number of ether oxygens (including phenoxy) is 1. The van der Waals surface area contributed by atoms with Crippen molar-refractivity contribution in [1.82, 2.24) is 0 Å². The molecular weight excluding hydrogens is 358 g/mol. The van der Waals surface area contributed by atoms with E-state index < -0.39 is 0 Å². The minimum atomic E-state index is 0.369. The van der Waals surface area contributed by atoms with Gasteiger partial charge in [-0.2, -0.15) is 0 Å². The van der Waals surface area contributed by atoms with Gasteiger partial charge in [0, 0.05) is 18.1 Å². The lowest BCUT2D eigenvalue weighted by Crippen LogP contribution is -2.10. The molecule has 6 heteroatoms. The van der Waals surface area contributed by atoms with E-state index >= 15 is 0 Å². The monoisotopic (exact) mass is 377 g/mol. The molecule has 0 unspecified atom stereocenters. The average Bonchev–Trinajstić information content (AvgIpc) is 2.58. The number of hydrogen-bond donors (Lipinski definition) is 2. The number of rotatable bonds is 8. The van der Waals surface area contributed by atoms with Gasteiger partial charge < -0.3 is 15.4 Å². The molecular formula is C17H20BrN3O2. The Morgan fingerprint density at radius 1 is 1.26 bits per heavy atom. The molecule has 0 aliphatic rings. The maximum atomic E-state index is 11.2. The fourth-order valence-corrected chi connectivity index (χ4v) is 2.69. The van der Waals surface area contributed by atoms with Crippen LogP contribution >= 0.6 is 15.9 Å². The van der Waals surface area contributed by atoms with Crippen molar-refractivity contribution in [2.75, 3.05) is 30.8 Å². The Morgan fingerprint density at radius 3 is 2.65 bits per heavy atom. The molecule has 0 aliphatic carbocycles. The maximum absolute atomic E-state index is 11.2. The second-order valence-electron chi connectivity index (χ2n) is 5.08. The van der Waals surface area contributed by atoms with Gasteiger partial charge in [0.25, 0.3) is 0 Å². The van der Waals surface area contributed by atoms with E-state index in [9.17, 15) is 4.91 Å². The van der Waals surface area contributed by atoms with Crippen molar-refractivity contribution in [3.05, 3.63) is 56.9 Å². The first-order valence-electron chi connectivity index (χ1n) is 7.37. The van der Waals surface area contributed by atoms with Gasteiger partial charge in [0.2, 0.25) is 0 Å². The maximum Gasteiger partial charge on any atom is 0.155 e. The molecule has 2 rings (SSSR count). The highest BCUT2D eigenvalue weighted by molar-refractivity contribution is 9.10. The largest absolute Gasteiger partial charge is 0.386 e. The Balaban J connectivity index is 1.95. The van der Waals surface area contributed by atoms with Crippen LogP contribution in [0.4, 0.5) is 17.1 Å². The molecule has 0 radical (unpaired) electrons. The van der Waals surface area contributed by atoms with Gasteiger partial charge in [0.05, 0.1) is 24.6 Å². The van der Waals surface area contributed by atoms with Crippen molar-refractivity contribution in [3.63, 3.8) is 0 Å². The van der Waals surface area contributed by atoms with Crippen molar-refractivity contribution in [1.29, 1.82) is 0 Å². The van der Waals surface area contributed by atoms with Crippen molar-refractivity contribution in [2.24, 2.45) is 5.18 Å². The van der Waals surface area contributed by atoms with Crippen molar-refractivity contribution < 1.29 is 4.74 Å². The minimum Gasteiger partial charge on any atom is -0.386 e. The molecule has 122 valence electrons. The third kappa shape index (κ3) is 4.53. The first-order chi connectivity index (χ1) is 11.2. The third-order valence-electron chi connectivity index (χ3n) is 3.44. The molecule has 0 aliphatic heterocycles. The second kappa shape index (κ2) is 8.64. The van der Waals surface area contributed by atoms with Gasteiger partial charge in [-0.3, -0.25) is 0 Å². The van der Waals surface area contributed by atoms with Crippen molar-refractivity contribution in [2.45, 2.75) is 13.5 Å². The molecule has 0 fully saturated rings. The topological polar surface area (TPSA) is 62.7 Å². The first-order valence-corrected chi connectivity index (χ1v) is 8.16. The van der Waals surface area contributed by atoms with Crippen LogP contribution < -0.4 is 10.6 Å². The quantitative estimate of drug-likeness (QED) is 0.510. The predicted molar refractivity (Wildman–Crippen MR) is 98.5 cm³/mol. The van der Waals surface area contributed by atoms with E-state index in [-0.39, 0.29) is 0 Å². The lowest BCUT2D eigenvalue weighted by atomic mass is 10.1. The molecule has 0 spiro atoms. The zero-order valence-electron chi connectivity index (χ0n) is 13.2. The molecule has 23 heavy (non-hydrogen) atoms. The van der Waals surface area contributed by atoms with E-state index in [0.717, 1.165) is 15.6 Å². The van der Waals surface area contributed by atoms with Gasteiger partial charge in [-0.1, -0.05) is 30.3 Å². The number of hydrogen-bond acceptors (Lipinski definition) is 5. The van der Waals surface area contributed by atoms with Crippen LogP contribution in [0.2, 0.25) is 0 Å². The van der Waals surface area contributed by atoms with Crippen LogP contribution in [-0.2, 0) is 11.3 Å². The lowest BCUT2D eigenvalue weighted by Gasteiger charge is -2.15. The van der Waals surface area contributed by atoms with E-state index in [2.05, 4.69) is 31.7 Å². The number of benzene rings is 2. The van der Waals surface area contributed by atoms with E-state index in [1.54, 1.807) is 7.05 Å². The van der Waals surface area contributed by atoms with E-state index in [1.807, 2.05) is 43.3 Å². The summed E-state index contributed by atoms with van der Waals surface area (Å²) in [6.45, 7) is 3.65. The fraction of sp³-hybridized carbons (Fsp3) is 0.294. The average molecular weight is 378 g/mol.